The third kappa shape index (κ3) is 7.27. The summed E-state index contributed by atoms with van der Waals surface area (Å²) in [7, 11) is 1.57. The lowest BCUT2D eigenvalue weighted by atomic mass is 9.85. The summed E-state index contributed by atoms with van der Waals surface area (Å²) < 4.78 is 19.0. The molecular weight excluding hydrogens is 481 g/mol. The molecule has 0 aromatic heterocycles. The fourth-order valence-corrected chi connectivity index (χ4v) is 5.73. The average Bonchev–Trinajstić information content (AvgIpc) is 3.32. The fraction of sp³-hybridized carbons (Fsp3) is 0.548. The highest BCUT2D eigenvalue weighted by atomic mass is 19.1. The van der Waals surface area contributed by atoms with E-state index in [0.29, 0.717) is 30.2 Å². The second kappa shape index (κ2) is 13.1. The highest BCUT2D eigenvalue weighted by molar-refractivity contribution is 5.97. The number of carbonyl (C=O) groups excluding carboxylic acids is 2. The van der Waals surface area contributed by atoms with E-state index in [1.54, 1.807) is 37.4 Å². The molecule has 4 rings (SSSR count). The predicted octanol–water partition coefficient (Wildman–Crippen LogP) is 5.50. The molecule has 206 valence electrons. The zero-order valence-electron chi connectivity index (χ0n) is 23.0. The Hall–Kier alpha value is -3.09. The number of nitrogens with zero attached hydrogens (tertiary/aromatic N) is 1. The van der Waals surface area contributed by atoms with Crippen LogP contribution in [-0.2, 0) is 11.2 Å². The molecule has 1 saturated carbocycles. The second-order valence-corrected chi connectivity index (χ2v) is 11.2. The molecule has 1 fully saturated rings. The Labute approximate surface area is 226 Å². The van der Waals surface area contributed by atoms with Crippen molar-refractivity contribution in [3.63, 3.8) is 0 Å². The van der Waals surface area contributed by atoms with E-state index in [2.05, 4.69) is 29.4 Å². The minimum absolute atomic E-state index is 0.107. The van der Waals surface area contributed by atoms with Crippen molar-refractivity contribution >= 4 is 17.5 Å². The first kappa shape index (κ1) is 27.9. The number of carbonyl (C=O) groups is 2. The van der Waals surface area contributed by atoms with E-state index in [1.807, 2.05) is 6.07 Å². The summed E-state index contributed by atoms with van der Waals surface area (Å²) in [5.74, 6) is 0.767. The van der Waals surface area contributed by atoms with E-state index in [9.17, 15) is 14.0 Å². The van der Waals surface area contributed by atoms with Crippen molar-refractivity contribution in [3.8, 4) is 5.75 Å². The van der Waals surface area contributed by atoms with E-state index in [4.69, 9.17) is 4.74 Å². The van der Waals surface area contributed by atoms with Gasteiger partial charge in [0.1, 0.15) is 17.6 Å². The number of methoxy groups -OCH3 is 1. The Morgan fingerprint density at radius 2 is 1.87 bits per heavy atom. The molecule has 38 heavy (non-hydrogen) atoms. The first-order chi connectivity index (χ1) is 18.3. The van der Waals surface area contributed by atoms with E-state index >= 15 is 0 Å². The van der Waals surface area contributed by atoms with E-state index in [-0.39, 0.29) is 29.6 Å². The predicted molar refractivity (Wildman–Crippen MR) is 149 cm³/mol. The van der Waals surface area contributed by atoms with Gasteiger partial charge in [-0.1, -0.05) is 52.0 Å². The number of benzene rings is 2. The minimum atomic E-state index is -0.614. The highest BCUT2D eigenvalue weighted by Crippen LogP contribution is 2.30. The van der Waals surface area contributed by atoms with Crippen LogP contribution in [0.15, 0.2) is 42.5 Å². The Bertz CT molecular complexity index is 1100. The van der Waals surface area contributed by atoms with Crippen molar-refractivity contribution < 1.29 is 18.7 Å². The summed E-state index contributed by atoms with van der Waals surface area (Å²) in [5.41, 5.74) is 2.52. The molecule has 1 heterocycles. The third-order valence-corrected chi connectivity index (χ3v) is 8.12. The molecule has 0 radical (unpaired) electrons. The Balaban J connectivity index is 1.45. The molecule has 2 aromatic rings. The molecule has 0 saturated heterocycles. The lowest BCUT2D eigenvalue weighted by Crippen LogP contribution is -2.53. The van der Waals surface area contributed by atoms with Gasteiger partial charge in [-0.3, -0.25) is 9.59 Å². The molecule has 2 aliphatic rings. The summed E-state index contributed by atoms with van der Waals surface area (Å²) in [5, 5.41) is 6.28. The normalized spacial score (nSPS) is 17.1. The van der Waals surface area contributed by atoms with Gasteiger partial charge in [-0.2, -0.15) is 0 Å². The van der Waals surface area contributed by atoms with Crippen LogP contribution < -0.4 is 20.3 Å². The maximum Gasteiger partial charge on any atom is 0.252 e. The summed E-state index contributed by atoms with van der Waals surface area (Å²) in [6.45, 7) is 5.63. The number of anilines is 1. The molecule has 0 unspecified atom stereocenters. The first-order valence-corrected chi connectivity index (χ1v) is 14.1. The summed E-state index contributed by atoms with van der Waals surface area (Å²) in [4.78, 5) is 29.1. The number of fused-ring (bicyclic) bond motifs is 1. The van der Waals surface area contributed by atoms with Crippen LogP contribution in [0.5, 0.6) is 5.75 Å². The maximum absolute atomic E-state index is 13.7. The first-order valence-electron chi connectivity index (χ1n) is 14.1. The molecule has 2 aromatic carbocycles. The molecule has 1 aliphatic heterocycles. The van der Waals surface area contributed by atoms with Crippen molar-refractivity contribution in [2.75, 3.05) is 25.1 Å². The van der Waals surface area contributed by atoms with Crippen molar-refractivity contribution in [2.45, 2.75) is 77.3 Å². The van der Waals surface area contributed by atoms with E-state index in [0.717, 1.165) is 30.6 Å². The highest BCUT2D eigenvalue weighted by Gasteiger charge is 2.29. The molecule has 0 bridgehead atoms. The average molecular weight is 524 g/mol. The van der Waals surface area contributed by atoms with Crippen LogP contribution in [0.1, 0.15) is 74.7 Å². The van der Waals surface area contributed by atoms with Crippen LogP contribution in [0.25, 0.3) is 0 Å². The Kier molecular flexibility index (Phi) is 9.64. The lowest BCUT2D eigenvalue weighted by molar-refractivity contribution is -0.124. The SMILES string of the molecule is COc1cccc(C(=O)N[C@@H](CCC2CCCCC2)C(=O)N[C@H](CN2CCc3cc(F)ccc32)C(C)C)c1. The monoisotopic (exact) mass is 523 g/mol. The van der Waals surface area contributed by atoms with Crippen molar-refractivity contribution in [2.24, 2.45) is 11.8 Å². The quantitative estimate of drug-likeness (QED) is 0.408. The number of ether oxygens (including phenoxy) is 1. The number of nitrogens with one attached hydrogen (secondary N) is 2. The van der Waals surface area contributed by atoms with E-state index < -0.39 is 6.04 Å². The number of hydrogen-bond donors (Lipinski definition) is 2. The van der Waals surface area contributed by atoms with Gasteiger partial charge in [0.15, 0.2) is 0 Å². The van der Waals surface area contributed by atoms with E-state index in [1.165, 1.54) is 38.2 Å². The summed E-state index contributed by atoms with van der Waals surface area (Å²) in [6.07, 6.45) is 8.50. The summed E-state index contributed by atoms with van der Waals surface area (Å²) in [6, 6.07) is 11.2. The molecule has 2 atom stereocenters. The fourth-order valence-electron chi connectivity index (χ4n) is 5.73. The van der Waals surface area contributed by atoms with Gasteiger partial charge in [-0.05, 0) is 73.1 Å². The Morgan fingerprint density at radius 1 is 1.08 bits per heavy atom. The van der Waals surface area contributed by atoms with Crippen LogP contribution in [0.2, 0.25) is 0 Å². The standard InChI is InChI=1S/C31H42FN3O3/c1-21(2)28(20-35-17-16-23-18-25(32)13-15-29(23)35)34-31(37)27(14-12-22-8-5-4-6-9-22)33-30(36)24-10-7-11-26(19-24)38-3/h7,10-11,13,15,18-19,21-22,27-28H,4-6,8-9,12,14,16-17,20H2,1-3H3,(H,33,36)(H,34,37)/t27-,28+/m0/s1. The van der Waals surface area contributed by atoms with Crippen LogP contribution in [0.4, 0.5) is 10.1 Å². The maximum atomic E-state index is 13.7. The smallest absolute Gasteiger partial charge is 0.252 e. The van der Waals surface area contributed by atoms with Gasteiger partial charge in [-0.25, -0.2) is 4.39 Å². The molecular formula is C31H42FN3O3. The van der Waals surface area contributed by atoms with Gasteiger partial charge in [-0.15, -0.1) is 0 Å². The molecule has 6 nitrogen and oxygen atoms in total. The van der Waals surface area contributed by atoms with Crippen molar-refractivity contribution in [1.82, 2.24) is 10.6 Å². The van der Waals surface area contributed by atoms with Gasteiger partial charge >= 0.3 is 0 Å². The van der Waals surface area contributed by atoms with Crippen LogP contribution in [-0.4, -0.2) is 44.1 Å². The lowest BCUT2D eigenvalue weighted by Gasteiger charge is -2.31. The second-order valence-electron chi connectivity index (χ2n) is 11.2. The Morgan fingerprint density at radius 3 is 2.61 bits per heavy atom. The summed E-state index contributed by atoms with van der Waals surface area (Å²) >= 11 is 0. The largest absolute Gasteiger partial charge is 0.497 e. The number of rotatable bonds is 11. The number of amides is 2. The van der Waals surface area contributed by atoms with Gasteiger partial charge in [0.2, 0.25) is 5.91 Å². The van der Waals surface area contributed by atoms with Gasteiger partial charge in [0, 0.05) is 30.4 Å². The van der Waals surface area contributed by atoms with Crippen molar-refractivity contribution in [3.05, 3.63) is 59.4 Å². The van der Waals surface area contributed by atoms with Crippen molar-refractivity contribution in [1.29, 1.82) is 0 Å². The van der Waals surface area contributed by atoms with Crippen LogP contribution in [0.3, 0.4) is 0 Å². The van der Waals surface area contributed by atoms with Gasteiger partial charge in [0.25, 0.3) is 5.91 Å². The third-order valence-electron chi connectivity index (χ3n) is 8.12. The molecule has 7 heteroatoms. The zero-order valence-corrected chi connectivity index (χ0v) is 23.0. The molecule has 2 amide bonds. The zero-order chi connectivity index (χ0) is 27.1. The van der Waals surface area contributed by atoms with Gasteiger partial charge < -0.3 is 20.3 Å². The topological polar surface area (TPSA) is 70.7 Å². The van der Waals surface area contributed by atoms with Crippen LogP contribution in [0, 0.1) is 17.7 Å². The van der Waals surface area contributed by atoms with Gasteiger partial charge in [0.05, 0.1) is 7.11 Å². The molecule has 0 spiro atoms. The number of halogens is 1. The molecule has 2 N–H and O–H groups in total. The number of hydrogen-bond acceptors (Lipinski definition) is 4. The van der Waals surface area contributed by atoms with Crippen LogP contribution >= 0.6 is 0 Å². The minimum Gasteiger partial charge on any atom is -0.497 e. The molecule has 1 aliphatic carbocycles.